The fourth-order valence-electron chi connectivity index (χ4n) is 1.33. The highest BCUT2D eigenvalue weighted by atomic mass is 32.2. The Morgan fingerprint density at radius 2 is 1.94 bits per heavy atom. The average molecular weight is 264 g/mol. The van der Waals surface area contributed by atoms with Crippen molar-refractivity contribution >= 4 is 10.1 Å². The summed E-state index contributed by atoms with van der Waals surface area (Å²) < 4.78 is 26.3. The van der Waals surface area contributed by atoms with Crippen molar-refractivity contribution in [2.45, 2.75) is 39.7 Å². The molecular formula is C12H24O4S. The number of hydrogen-bond donors (Lipinski definition) is 1. The highest BCUT2D eigenvalue weighted by Gasteiger charge is 2.09. The lowest BCUT2D eigenvalue weighted by Gasteiger charge is -2.13. The van der Waals surface area contributed by atoms with Crippen LogP contribution in [0.3, 0.4) is 0 Å². The molecule has 1 N–H and O–H groups in total. The standard InChI is InChI=1S/C12H24O4S/c1-5-12(13)11(3)8-6-7-10(2)9-16-17(4,14)15/h6,8,10-13H,5,7,9H2,1-4H3/b8-6+/t10-,11-,12-/m0/s1. The Morgan fingerprint density at radius 3 is 2.41 bits per heavy atom. The molecule has 0 saturated heterocycles. The first kappa shape index (κ1) is 16.6. The molecule has 0 aliphatic heterocycles. The van der Waals surface area contributed by atoms with Gasteiger partial charge in [0.2, 0.25) is 0 Å². The van der Waals surface area contributed by atoms with Crippen molar-refractivity contribution in [3.63, 3.8) is 0 Å². The zero-order valence-electron chi connectivity index (χ0n) is 11.1. The zero-order valence-corrected chi connectivity index (χ0v) is 11.9. The van der Waals surface area contributed by atoms with Gasteiger partial charge in [0, 0.05) is 0 Å². The second kappa shape index (κ2) is 7.84. The topological polar surface area (TPSA) is 63.6 Å². The summed E-state index contributed by atoms with van der Waals surface area (Å²) in [5.74, 6) is 0.273. The predicted octanol–water partition coefficient (Wildman–Crippen LogP) is 1.95. The van der Waals surface area contributed by atoms with Gasteiger partial charge in [-0.05, 0) is 24.7 Å². The van der Waals surface area contributed by atoms with E-state index >= 15 is 0 Å². The largest absolute Gasteiger partial charge is 0.393 e. The van der Waals surface area contributed by atoms with Crippen molar-refractivity contribution in [1.29, 1.82) is 0 Å². The Balaban J connectivity index is 3.91. The van der Waals surface area contributed by atoms with E-state index < -0.39 is 10.1 Å². The molecule has 0 spiro atoms. The van der Waals surface area contributed by atoms with Gasteiger partial charge in [0.1, 0.15) is 0 Å². The van der Waals surface area contributed by atoms with Crippen LogP contribution in [0.15, 0.2) is 12.2 Å². The first-order valence-corrected chi connectivity index (χ1v) is 7.77. The van der Waals surface area contributed by atoms with Crippen LogP contribution >= 0.6 is 0 Å². The minimum Gasteiger partial charge on any atom is -0.393 e. The van der Waals surface area contributed by atoms with Crippen LogP contribution in [0.1, 0.15) is 33.6 Å². The molecule has 0 fully saturated rings. The summed E-state index contributed by atoms with van der Waals surface area (Å²) >= 11 is 0. The van der Waals surface area contributed by atoms with Crippen LogP contribution in [-0.4, -0.2) is 32.5 Å². The van der Waals surface area contributed by atoms with Gasteiger partial charge in [-0.3, -0.25) is 4.18 Å². The molecule has 0 saturated carbocycles. The molecule has 0 rings (SSSR count). The normalized spacial score (nSPS) is 18.2. The van der Waals surface area contributed by atoms with Crippen molar-refractivity contribution in [2.24, 2.45) is 11.8 Å². The summed E-state index contributed by atoms with van der Waals surface area (Å²) in [7, 11) is -3.34. The van der Waals surface area contributed by atoms with Crippen LogP contribution in [0.5, 0.6) is 0 Å². The first-order chi connectivity index (χ1) is 7.76. The maximum absolute atomic E-state index is 10.8. The third-order valence-electron chi connectivity index (χ3n) is 2.57. The molecule has 0 aliphatic carbocycles. The van der Waals surface area contributed by atoms with Crippen molar-refractivity contribution in [3.8, 4) is 0 Å². The van der Waals surface area contributed by atoms with E-state index in [0.717, 1.165) is 19.1 Å². The molecule has 0 aromatic carbocycles. The van der Waals surface area contributed by atoms with Crippen LogP contribution in [-0.2, 0) is 14.3 Å². The molecule has 0 radical (unpaired) electrons. The summed E-state index contributed by atoms with van der Waals surface area (Å²) in [6.45, 7) is 6.03. The minimum atomic E-state index is -3.34. The lowest BCUT2D eigenvalue weighted by atomic mass is 10.0. The van der Waals surface area contributed by atoms with Gasteiger partial charge in [0.25, 0.3) is 10.1 Å². The average Bonchev–Trinajstić information content (AvgIpc) is 2.24. The van der Waals surface area contributed by atoms with Gasteiger partial charge in [0.05, 0.1) is 19.0 Å². The van der Waals surface area contributed by atoms with Crippen LogP contribution in [0, 0.1) is 11.8 Å². The molecule has 0 heterocycles. The third-order valence-corrected chi connectivity index (χ3v) is 3.13. The van der Waals surface area contributed by atoms with Gasteiger partial charge in [-0.1, -0.05) is 32.9 Å². The number of aliphatic hydroxyl groups is 1. The predicted molar refractivity (Wildman–Crippen MR) is 69.2 cm³/mol. The molecule has 0 aliphatic rings. The molecule has 5 heteroatoms. The van der Waals surface area contributed by atoms with E-state index in [9.17, 15) is 13.5 Å². The first-order valence-electron chi connectivity index (χ1n) is 5.95. The van der Waals surface area contributed by atoms with Gasteiger partial charge in [-0.2, -0.15) is 8.42 Å². The van der Waals surface area contributed by atoms with Crippen molar-refractivity contribution in [2.75, 3.05) is 12.9 Å². The fourth-order valence-corrected chi connectivity index (χ4v) is 1.81. The lowest BCUT2D eigenvalue weighted by molar-refractivity contribution is 0.133. The van der Waals surface area contributed by atoms with E-state index in [0.29, 0.717) is 0 Å². The third kappa shape index (κ3) is 9.32. The molecule has 0 unspecified atom stereocenters. The second-order valence-corrected chi connectivity index (χ2v) is 6.24. The quantitative estimate of drug-likeness (QED) is 0.537. The summed E-state index contributed by atoms with van der Waals surface area (Å²) in [6.07, 6.45) is 6.16. The zero-order chi connectivity index (χ0) is 13.5. The number of rotatable bonds is 8. The highest BCUT2D eigenvalue weighted by molar-refractivity contribution is 7.85. The van der Waals surface area contributed by atoms with Crippen LogP contribution in [0.25, 0.3) is 0 Å². The summed E-state index contributed by atoms with van der Waals surface area (Å²) in [5, 5.41) is 9.55. The van der Waals surface area contributed by atoms with Crippen LogP contribution in [0.4, 0.5) is 0 Å². The molecule has 0 aromatic heterocycles. The number of aliphatic hydroxyl groups excluding tert-OH is 1. The molecule has 17 heavy (non-hydrogen) atoms. The Hall–Kier alpha value is -0.390. The van der Waals surface area contributed by atoms with Gasteiger partial charge < -0.3 is 5.11 Å². The number of hydrogen-bond acceptors (Lipinski definition) is 4. The van der Waals surface area contributed by atoms with Gasteiger partial charge in [0.15, 0.2) is 0 Å². The van der Waals surface area contributed by atoms with E-state index in [-0.39, 0.29) is 24.5 Å². The maximum atomic E-state index is 10.8. The molecule has 102 valence electrons. The monoisotopic (exact) mass is 264 g/mol. The fraction of sp³-hybridized carbons (Fsp3) is 0.833. The Bertz CT molecular complexity index is 321. The smallest absolute Gasteiger partial charge is 0.264 e. The summed E-state index contributed by atoms with van der Waals surface area (Å²) in [6, 6.07) is 0. The molecule has 0 bridgehead atoms. The van der Waals surface area contributed by atoms with E-state index in [4.69, 9.17) is 4.18 Å². The van der Waals surface area contributed by atoms with E-state index in [1.807, 2.05) is 32.9 Å². The SMILES string of the molecule is CC[C@H](O)[C@@H](C)/C=C/C[C@H](C)COS(C)(=O)=O. The maximum Gasteiger partial charge on any atom is 0.264 e. The second-order valence-electron chi connectivity index (χ2n) is 4.59. The van der Waals surface area contributed by atoms with E-state index in [1.54, 1.807) is 0 Å². The Morgan fingerprint density at radius 1 is 1.35 bits per heavy atom. The minimum absolute atomic E-state index is 0.128. The molecule has 0 aromatic rings. The lowest BCUT2D eigenvalue weighted by Crippen LogP contribution is -2.14. The Kier molecular flexibility index (Phi) is 7.66. The van der Waals surface area contributed by atoms with Gasteiger partial charge in [-0.25, -0.2) is 0 Å². The molecule has 4 nitrogen and oxygen atoms in total. The van der Waals surface area contributed by atoms with Crippen LogP contribution in [0.2, 0.25) is 0 Å². The van der Waals surface area contributed by atoms with Crippen molar-refractivity contribution in [3.05, 3.63) is 12.2 Å². The highest BCUT2D eigenvalue weighted by Crippen LogP contribution is 2.11. The van der Waals surface area contributed by atoms with E-state index in [2.05, 4.69) is 0 Å². The molecule has 0 amide bonds. The van der Waals surface area contributed by atoms with Crippen molar-refractivity contribution < 1.29 is 17.7 Å². The van der Waals surface area contributed by atoms with E-state index in [1.165, 1.54) is 0 Å². The van der Waals surface area contributed by atoms with Gasteiger partial charge in [-0.15, -0.1) is 0 Å². The molecular weight excluding hydrogens is 240 g/mol. The van der Waals surface area contributed by atoms with Crippen LogP contribution < -0.4 is 0 Å². The molecule has 3 atom stereocenters. The Labute approximate surface area is 105 Å². The number of allylic oxidation sites excluding steroid dienone is 1. The summed E-state index contributed by atoms with van der Waals surface area (Å²) in [5.41, 5.74) is 0. The van der Waals surface area contributed by atoms with Gasteiger partial charge >= 0.3 is 0 Å². The summed E-state index contributed by atoms with van der Waals surface area (Å²) in [4.78, 5) is 0. The van der Waals surface area contributed by atoms with Crippen molar-refractivity contribution in [1.82, 2.24) is 0 Å².